The highest BCUT2D eigenvalue weighted by molar-refractivity contribution is 5.79. The molecule has 0 radical (unpaired) electrons. The molecule has 0 bridgehead atoms. The number of hydrogen-bond donors (Lipinski definition) is 0. The van der Waals surface area contributed by atoms with Gasteiger partial charge < -0.3 is 4.74 Å². The first-order valence-electron chi connectivity index (χ1n) is 6.72. The van der Waals surface area contributed by atoms with Crippen LogP contribution < -0.4 is 4.74 Å². The van der Waals surface area contributed by atoms with Crippen molar-refractivity contribution in [1.82, 2.24) is 4.98 Å². The Morgan fingerprint density at radius 3 is 3.05 bits per heavy atom. The van der Waals surface area contributed by atoms with E-state index in [1.54, 1.807) is 0 Å². The maximum absolute atomic E-state index is 13.4. The molecule has 1 aliphatic rings. The lowest BCUT2D eigenvalue weighted by Crippen LogP contribution is -2.08. The molecule has 3 rings (SSSR count). The van der Waals surface area contributed by atoms with Gasteiger partial charge in [-0.05, 0) is 54.7 Å². The smallest absolute Gasteiger partial charge is 0.142 e. The van der Waals surface area contributed by atoms with Crippen molar-refractivity contribution in [2.75, 3.05) is 6.61 Å². The van der Waals surface area contributed by atoms with Crippen molar-refractivity contribution in [2.45, 2.75) is 19.8 Å². The van der Waals surface area contributed by atoms with Crippen LogP contribution in [0.5, 0.6) is 5.75 Å². The van der Waals surface area contributed by atoms with E-state index >= 15 is 0 Å². The van der Waals surface area contributed by atoms with Crippen LogP contribution in [0.3, 0.4) is 0 Å². The molecule has 20 heavy (non-hydrogen) atoms. The zero-order chi connectivity index (χ0) is 14.1. The van der Waals surface area contributed by atoms with E-state index in [2.05, 4.69) is 17.6 Å². The van der Waals surface area contributed by atoms with Crippen LogP contribution >= 0.6 is 0 Å². The Hall–Kier alpha value is -2.16. The lowest BCUT2D eigenvalue weighted by molar-refractivity contribution is 0.288. The second kappa shape index (κ2) is 5.08. The van der Waals surface area contributed by atoms with Gasteiger partial charge in [-0.15, -0.1) is 0 Å². The number of aryl methyl sites for hydroxylation is 2. The predicted octanol–water partition coefficient (Wildman–Crippen LogP) is 3.92. The second-order valence-electron chi connectivity index (χ2n) is 5.04. The molecule has 0 saturated heterocycles. The maximum atomic E-state index is 13.4. The van der Waals surface area contributed by atoms with Gasteiger partial charge in [0.05, 0.1) is 12.8 Å². The van der Waals surface area contributed by atoms with Crippen LogP contribution in [0.2, 0.25) is 0 Å². The third-order valence-corrected chi connectivity index (χ3v) is 3.64. The minimum atomic E-state index is -0.340. The van der Waals surface area contributed by atoms with E-state index in [9.17, 15) is 4.39 Å². The van der Waals surface area contributed by atoms with Crippen molar-refractivity contribution in [3.05, 3.63) is 65.2 Å². The fourth-order valence-electron chi connectivity index (χ4n) is 2.52. The first-order valence-corrected chi connectivity index (χ1v) is 6.72. The zero-order valence-corrected chi connectivity index (χ0v) is 11.4. The molecule has 1 aliphatic heterocycles. The van der Waals surface area contributed by atoms with E-state index in [0.717, 1.165) is 47.6 Å². The number of fused-ring (bicyclic) bond motifs is 1. The topological polar surface area (TPSA) is 22.1 Å². The number of hydrogen-bond acceptors (Lipinski definition) is 2. The Labute approximate surface area is 117 Å². The summed E-state index contributed by atoms with van der Waals surface area (Å²) in [4.78, 5) is 4.05. The molecule has 0 aliphatic carbocycles. The zero-order valence-electron chi connectivity index (χ0n) is 11.4. The van der Waals surface area contributed by atoms with E-state index in [1.807, 2.05) is 19.1 Å². The maximum Gasteiger partial charge on any atom is 0.142 e. The van der Waals surface area contributed by atoms with E-state index in [0.29, 0.717) is 0 Å². The molecule has 1 aromatic heterocycles. The molecule has 102 valence electrons. The molecule has 0 spiro atoms. The molecular weight excluding hydrogens is 253 g/mol. The van der Waals surface area contributed by atoms with E-state index in [-0.39, 0.29) is 5.82 Å². The van der Waals surface area contributed by atoms with Gasteiger partial charge in [0.1, 0.15) is 11.6 Å². The molecule has 2 aromatic rings. The van der Waals surface area contributed by atoms with E-state index < -0.39 is 0 Å². The largest absolute Gasteiger partial charge is 0.493 e. The SMILES string of the molecule is C=C(c1ccc2c(c1)CCCO2)c1cc(F)cnc1C. The summed E-state index contributed by atoms with van der Waals surface area (Å²) in [5.74, 6) is 0.606. The van der Waals surface area contributed by atoms with Crippen LogP contribution in [0.25, 0.3) is 5.57 Å². The quantitative estimate of drug-likeness (QED) is 0.824. The van der Waals surface area contributed by atoms with Crippen molar-refractivity contribution in [1.29, 1.82) is 0 Å². The van der Waals surface area contributed by atoms with Crippen molar-refractivity contribution in [3.63, 3.8) is 0 Å². The molecule has 2 nitrogen and oxygen atoms in total. The van der Waals surface area contributed by atoms with Crippen LogP contribution in [-0.4, -0.2) is 11.6 Å². The number of halogens is 1. The highest BCUT2D eigenvalue weighted by atomic mass is 19.1. The summed E-state index contributed by atoms with van der Waals surface area (Å²) in [5, 5.41) is 0. The lowest BCUT2D eigenvalue weighted by Gasteiger charge is -2.18. The monoisotopic (exact) mass is 269 g/mol. The Bertz CT molecular complexity index is 679. The Morgan fingerprint density at radius 1 is 1.35 bits per heavy atom. The van der Waals surface area contributed by atoms with Gasteiger partial charge in [-0.3, -0.25) is 4.98 Å². The first-order chi connectivity index (χ1) is 9.65. The van der Waals surface area contributed by atoms with Crippen LogP contribution in [-0.2, 0) is 6.42 Å². The number of aromatic nitrogens is 1. The molecule has 0 unspecified atom stereocenters. The highest BCUT2D eigenvalue weighted by Crippen LogP contribution is 2.30. The molecule has 0 N–H and O–H groups in total. The number of benzene rings is 1. The average Bonchev–Trinajstić information content (AvgIpc) is 2.48. The van der Waals surface area contributed by atoms with Gasteiger partial charge in [0, 0.05) is 11.3 Å². The molecule has 0 atom stereocenters. The van der Waals surface area contributed by atoms with Gasteiger partial charge in [0.15, 0.2) is 0 Å². The molecule has 1 aromatic carbocycles. The van der Waals surface area contributed by atoms with Gasteiger partial charge in [0.25, 0.3) is 0 Å². The van der Waals surface area contributed by atoms with Gasteiger partial charge in [-0.2, -0.15) is 0 Å². The van der Waals surface area contributed by atoms with Gasteiger partial charge in [-0.1, -0.05) is 12.6 Å². The Kier molecular flexibility index (Phi) is 3.26. The predicted molar refractivity (Wildman–Crippen MR) is 77.3 cm³/mol. The molecular formula is C17H16FNO. The lowest BCUT2D eigenvalue weighted by atomic mass is 9.95. The summed E-state index contributed by atoms with van der Waals surface area (Å²) in [5.41, 5.74) is 4.51. The molecule has 2 heterocycles. The second-order valence-corrected chi connectivity index (χ2v) is 5.04. The molecule has 0 saturated carbocycles. The number of rotatable bonds is 2. The number of ether oxygens (including phenoxy) is 1. The van der Waals surface area contributed by atoms with Crippen LogP contribution in [0.1, 0.15) is 28.8 Å². The van der Waals surface area contributed by atoms with Gasteiger partial charge in [-0.25, -0.2) is 4.39 Å². The van der Waals surface area contributed by atoms with Crippen molar-refractivity contribution >= 4 is 5.57 Å². The molecule has 0 fully saturated rings. The average molecular weight is 269 g/mol. The standard InChI is InChI=1S/C17H16FNO/c1-11(16-9-15(18)10-19-12(16)2)13-5-6-17-14(8-13)4-3-7-20-17/h5-6,8-10H,1,3-4,7H2,2H3. The fourth-order valence-corrected chi connectivity index (χ4v) is 2.52. The molecule has 0 amide bonds. The highest BCUT2D eigenvalue weighted by Gasteiger charge is 2.13. The summed E-state index contributed by atoms with van der Waals surface area (Å²) < 4.78 is 19.0. The van der Waals surface area contributed by atoms with Gasteiger partial charge in [0.2, 0.25) is 0 Å². The normalized spacial score (nSPS) is 13.5. The minimum absolute atomic E-state index is 0.340. The minimum Gasteiger partial charge on any atom is -0.493 e. The van der Waals surface area contributed by atoms with Crippen molar-refractivity contribution < 1.29 is 9.13 Å². The third-order valence-electron chi connectivity index (χ3n) is 3.64. The van der Waals surface area contributed by atoms with Crippen LogP contribution in [0, 0.1) is 12.7 Å². The summed E-state index contributed by atoms with van der Waals surface area (Å²) in [6, 6.07) is 7.51. The van der Waals surface area contributed by atoms with Gasteiger partial charge >= 0.3 is 0 Å². The fraction of sp³-hybridized carbons (Fsp3) is 0.235. The number of pyridine rings is 1. The van der Waals surface area contributed by atoms with E-state index in [1.165, 1.54) is 17.8 Å². The first kappa shape index (κ1) is 12.9. The Morgan fingerprint density at radius 2 is 2.20 bits per heavy atom. The van der Waals surface area contributed by atoms with Crippen molar-refractivity contribution in [2.24, 2.45) is 0 Å². The van der Waals surface area contributed by atoms with E-state index in [4.69, 9.17) is 4.74 Å². The van der Waals surface area contributed by atoms with Crippen molar-refractivity contribution in [3.8, 4) is 5.75 Å². The summed E-state index contributed by atoms with van der Waals surface area (Å²) in [6.07, 6.45) is 3.27. The molecule has 3 heteroatoms. The Balaban J connectivity index is 2.00. The summed E-state index contributed by atoms with van der Waals surface area (Å²) in [6.45, 7) is 6.74. The van der Waals surface area contributed by atoms with Crippen LogP contribution in [0.15, 0.2) is 37.0 Å². The summed E-state index contributed by atoms with van der Waals surface area (Å²) in [7, 11) is 0. The number of nitrogens with zero attached hydrogens (tertiary/aromatic N) is 1. The third kappa shape index (κ3) is 2.31. The van der Waals surface area contributed by atoms with Crippen LogP contribution in [0.4, 0.5) is 4.39 Å². The summed E-state index contributed by atoms with van der Waals surface area (Å²) >= 11 is 0.